The molecule has 4 N–H and O–H groups in total. The lowest BCUT2D eigenvalue weighted by atomic mass is 9.91. The zero-order chi connectivity index (χ0) is 43.3. The number of methoxy groups -OCH3 is 2. The van der Waals surface area contributed by atoms with Crippen molar-refractivity contribution in [3.8, 4) is 22.4 Å². The van der Waals surface area contributed by atoms with Gasteiger partial charge in [-0.1, -0.05) is 44.2 Å². The number of amides is 4. The van der Waals surface area contributed by atoms with Crippen LogP contribution in [0, 0.1) is 5.92 Å². The fourth-order valence-electron chi connectivity index (χ4n) is 9.77. The Kier molecular flexibility index (Phi) is 11.4. The first-order valence-electron chi connectivity index (χ1n) is 21.4. The first-order chi connectivity index (χ1) is 29.3. The molecule has 2 fully saturated rings. The molecule has 14 nitrogen and oxygen atoms in total. The molecule has 2 aliphatic heterocycles. The topological polar surface area (TPSA) is 175 Å². The number of allylic oxidation sites excluding steroid dienone is 1. The molecule has 61 heavy (non-hydrogen) atoms. The minimum Gasteiger partial charge on any atom is -0.453 e. The van der Waals surface area contributed by atoms with Crippen molar-refractivity contribution in [1.29, 1.82) is 0 Å². The van der Waals surface area contributed by atoms with Crippen LogP contribution in [0.3, 0.4) is 0 Å². The molecule has 1 unspecified atom stereocenters. The number of hydrogen-bond acceptors (Lipinski definition) is 8. The minimum atomic E-state index is -0.712. The Morgan fingerprint density at radius 3 is 2.16 bits per heavy atom. The summed E-state index contributed by atoms with van der Waals surface area (Å²) >= 11 is 0. The van der Waals surface area contributed by atoms with E-state index in [1.54, 1.807) is 13.8 Å². The van der Waals surface area contributed by atoms with Crippen LogP contribution in [0.4, 0.5) is 9.59 Å². The Bertz CT molecular complexity index is 2570. The van der Waals surface area contributed by atoms with Gasteiger partial charge in [-0.15, -0.1) is 0 Å². The van der Waals surface area contributed by atoms with Crippen molar-refractivity contribution < 1.29 is 28.7 Å². The molecule has 4 heterocycles. The average Bonchev–Trinajstić information content (AvgIpc) is 4.10. The van der Waals surface area contributed by atoms with E-state index < -0.39 is 18.2 Å². The number of H-pyrrole nitrogens is 2. The number of aromatic nitrogens is 4. The molecule has 1 aliphatic carbocycles. The molecule has 3 aromatic carbocycles. The summed E-state index contributed by atoms with van der Waals surface area (Å²) in [5, 5.41) is 7.49. The highest BCUT2D eigenvalue weighted by Gasteiger charge is 2.42. The summed E-state index contributed by atoms with van der Waals surface area (Å²) in [4.78, 5) is 72.9. The summed E-state index contributed by atoms with van der Waals surface area (Å²) in [6, 6.07) is 13.9. The predicted molar refractivity (Wildman–Crippen MR) is 233 cm³/mol. The predicted octanol–water partition coefficient (Wildman–Crippen LogP) is 8.40. The normalized spacial score (nSPS) is 20.3. The fourth-order valence-corrected chi connectivity index (χ4v) is 9.77. The number of nitrogens with zero attached hydrogens (tertiary/aromatic N) is 4. The average molecular weight is 829 g/mol. The molecule has 4 amide bonds. The smallest absolute Gasteiger partial charge is 0.411 e. The van der Waals surface area contributed by atoms with Crippen LogP contribution in [0.15, 0.2) is 59.9 Å². The number of hydrogen-bond donors (Lipinski definition) is 4. The summed E-state index contributed by atoms with van der Waals surface area (Å²) in [5.74, 6) is 0.968. The van der Waals surface area contributed by atoms with Gasteiger partial charge in [-0.25, -0.2) is 19.6 Å². The van der Waals surface area contributed by atoms with Crippen molar-refractivity contribution in [1.82, 2.24) is 40.4 Å². The van der Waals surface area contributed by atoms with Crippen molar-refractivity contribution in [3.05, 3.63) is 82.7 Å². The molecule has 2 saturated heterocycles. The molecular formula is C47H56N8O6. The van der Waals surface area contributed by atoms with Crippen LogP contribution in [-0.4, -0.2) is 86.1 Å². The number of nitrogens with one attached hydrogen (secondary N) is 4. The lowest BCUT2D eigenvalue weighted by Gasteiger charge is -2.32. The number of carbonyl (C=O) groups is 4. The zero-order valence-electron chi connectivity index (χ0n) is 36.3. The summed E-state index contributed by atoms with van der Waals surface area (Å²) in [5.41, 5.74) is 9.75. The molecule has 0 radical (unpaired) electrons. The van der Waals surface area contributed by atoms with Crippen LogP contribution in [0.5, 0.6) is 0 Å². The van der Waals surface area contributed by atoms with E-state index in [1.165, 1.54) is 30.9 Å². The summed E-state index contributed by atoms with van der Waals surface area (Å²) < 4.78 is 9.62. The molecule has 3 aliphatic rings. The lowest BCUT2D eigenvalue weighted by Crippen LogP contribution is -2.52. The summed E-state index contributed by atoms with van der Waals surface area (Å²) in [6.45, 7) is 11.5. The van der Waals surface area contributed by atoms with Gasteiger partial charge in [0.25, 0.3) is 5.91 Å². The van der Waals surface area contributed by atoms with Crippen LogP contribution in [0.2, 0.25) is 0 Å². The number of aromatic amines is 2. The van der Waals surface area contributed by atoms with Gasteiger partial charge < -0.3 is 34.6 Å². The highest BCUT2D eigenvalue weighted by molar-refractivity contribution is 6.05. The number of fused-ring (bicyclic) bond motifs is 4. The van der Waals surface area contributed by atoms with Crippen molar-refractivity contribution in [2.45, 2.75) is 117 Å². The lowest BCUT2D eigenvalue weighted by molar-refractivity contribution is -0.137. The van der Waals surface area contributed by atoms with Crippen molar-refractivity contribution in [2.24, 2.45) is 5.92 Å². The molecule has 5 atom stereocenters. The fraction of sp³-hybridized carbons (Fsp3) is 0.447. The van der Waals surface area contributed by atoms with Gasteiger partial charge in [-0.2, -0.15) is 0 Å². The third-order valence-electron chi connectivity index (χ3n) is 12.9. The van der Waals surface area contributed by atoms with Gasteiger partial charge in [0.1, 0.15) is 23.4 Å². The monoisotopic (exact) mass is 828 g/mol. The number of ether oxygens (including phenoxy) is 2. The number of benzene rings is 3. The molecule has 0 saturated carbocycles. The second-order valence-corrected chi connectivity index (χ2v) is 17.4. The molecule has 14 heteroatoms. The number of rotatable bonds is 9. The van der Waals surface area contributed by atoms with E-state index in [0.29, 0.717) is 5.57 Å². The standard InChI is InChI=1S/C47H56N8O6/c1-24(2)39(52-46(58)60-7)44(56)54-26(5)12-20-37(54)42-48-23-36(50-42)34-18-17-30(32-10-9-11-33(32)34)28-14-16-31-29(22-28)15-19-35-41(31)51-43(49-35)38-21-13-27(6)55(38)45(57)40(25(3)4)53-47(59)61-8/h14-19,22-23,25-27,37-38,40H,9-13,20-21H2,1-8H3,(H,48,50)(H,49,51)(H,52,58)(H,53,59)/t26-,27-,37-,38?,40-/m0/s1. The molecule has 8 rings (SSSR count). The Balaban J connectivity index is 1.06. The van der Waals surface area contributed by atoms with Gasteiger partial charge in [0, 0.05) is 23.0 Å². The number of carbonyl (C=O) groups excluding carboxylic acids is 4. The SMILES string of the molecule is COC(=O)NC(C(=O)N1[C@@H](C)CC[C@H]1c1ncc(-c2ccc(-c3ccc4c(ccc5[nH]c(C6CC[C@H](C)N6C(=O)[C@@H](NC(=O)OC)C(C)C)nc54)c3)c3c2CCC3)[nH]1)=C(C)C. The van der Waals surface area contributed by atoms with E-state index in [2.05, 4.69) is 63.1 Å². The second-order valence-electron chi connectivity index (χ2n) is 17.4. The van der Waals surface area contributed by atoms with Crippen LogP contribution in [0.1, 0.15) is 109 Å². The minimum absolute atomic E-state index is 0.00872. The van der Waals surface area contributed by atoms with E-state index in [4.69, 9.17) is 19.4 Å². The van der Waals surface area contributed by atoms with Crippen LogP contribution in [-0.2, 0) is 31.9 Å². The van der Waals surface area contributed by atoms with Crippen LogP contribution in [0.25, 0.3) is 44.2 Å². The van der Waals surface area contributed by atoms with Crippen molar-refractivity contribution in [3.63, 3.8) is 0 Å². The van der Waals surface area contributed by atoms with Gasteiger partial charge in [-0.3, -0.25) is 14.9 Å². The zero-order valence-corrected chi connectivity index (χ0v) is 36.3. The van der Waals surface area contributed by atoms with E-state index in [9.17, 15) is 19.2 Å². The van der Waals surface area contributed by atoms with E-state index in [-0.39, 0.29) is 47.6 Å². The van der Waals surface area contributed by atoms with E-state index >= 15 is 0 Å². The third-order valence-corrected chi connectivity index (χ3v) is 12.9. The van der Waals surface area contributed by atoms with Gasteiger partial charge in [-0.05, 0) is 124 Å². The van der Waals surface area contributed by atoms with Gasteiger partial charge in [0.15, 0.2) is 0 Å². The highest BCUT2D eigenvalue weighted by Crippen LogP contribution is 2.42. The van der Waals surface area contributed by atoms with Gasteiger partial charge >= 0.3 is 12.2 Å². The Labute approximate surface area is 355 Å². The van der Waals surface area contributed by atoms with Crippen LogP contribution >= 0.6 is 0 Å². The molecule has 5 aromatic rings. The van der Waals surface area contributed by atoms with Crippen LogP contribution < -0.4 is 10.6 Å². The molecule has 0 spiro atoms. The summed E-state index contributed by atoms with van der Waals surface area (Å²) in [7, 11) is 2.58. The first kappa shape index (κ1) is 41.5. The van der Waals surface area contributed by atoms with E-state index in [0.717, 1.165) is 95.2 Å². The number of imidazole rings is 2. The number of alkyl carbamates (subject to hydrolysis) is 2. The summed E-state index contributed by atoms with van der Waals surface area (Å²) in [6.07, 6.45) is 6.75. The number of likely N-dealkylation sites (tertiary alicyclic amines) is 2. The highest BCUT2D eigenvalue weighted by atomic mass is 16.5. The quantitative estimate of drug-likeness (QED) is 0.107. The second kappa shape index (κ2) is 16.7. The van der Waals surface area contributed by atoms with Crippen molar-refractivity contribution in [2.75, 3.05) is 14.2 Å². The maximum atomic E-state index is 14.0. The first-order valence-corrected chi connectivity index (χ1v) is 21.4. The van der Waals surface area contributed by atoms with Gasteiger partial charge in [0.2, 0.25) is 5.91 Å². The Hall–Kier alpha value is -6.18. The Morgan fingerprint density at radius 1 is 0.803 bits per heavy atom. The Morgan fingerprint density at radius 2 is 1.48 bits per heavy atom. The maximum Gasteiger partial charge on any atom is 0.411 e. The largest absolute Gasteiger partial charge is 0.453 e. The van der Waals surface area contributed by atoms with Crippen molar-refractivity contribution >= 4 is 45.8 Å². The molecule has 0 bridgehead atoms. The van der Waals surface area contributed by atoms with Gasteiger partial charge in [0.05, 0.1) is 49.2 Å². The van der Waals surface area contributed by atoms with E-state index in [1.807, 2.05) is 43.7 Å². The third kappa shape index (κ3) is 7.61. The molecule has 2 aromatic heterocycles. The molecular weight excluding hydrogens is 773 g/mol. The maximum absolute atomic E-state index is 14.0. The molecule has 320 valence electrons.